The van der Waals surface area contributed by atoms with E-state index < -0.39 is 0 Å². The molecule has 2 aromatic rings. The Labute approximate surface area is 227 Å². The first-order chi connectivity index (χ1) is 18.4. The molecule has 0 radical (unpaired) electrons. The van der Waals surface area contributed by atoms with Crippen molar-refractivity contribution in [2.24, 2.45) is 0 Å². The second-order valence-corrected chi connectivity index (χ2v) is 11.0. The summed E-state index contributed by atoms with van der Waals surface area (Å²) in [5, 5.41) is 3.37. The Morgan fingerprint density at radius 1 is 1.11 bits per heavy atom. The van der Waals surface area contributed by atoms with Gasteiger partial charge in [0.25, 0.3) is 0 Å². The van der Waals surface area contributed by atoms with Crippen LogP contribution in [-0.2, 0) is 4.79 Å². The van der Waals surface area contributed by atoms with Crippen molar-refractivity contribution >= 4 is 34.7 Å². The molecule has 2 fully saturated rings. The van der Waals surface area contributed by atoms with Gasteiger partial charge in [0.05, 0.1) is 19.0 Å². The number of nitrogens with one attached hydrogen (secondary N) is 1. The van der Waals surface area contributed by atoms with Gasteiger partial charge in [-0.25, -0.2) is 4.98 Å². The molecule has 3 heterocycles. The lowest BCUT2D eigenvalue weighted by Crippen LogP contribution is -2.54. The third-order valence-corrected chi connectivity index (χ3v) is 8.45. The Hall–Kier alpha value is -3.07. The molecule has 3 aliphatic rings. The highest BCUT2D eigenvalue weighted by Crippen LogP contribution is 2.38. The molecule has 5 rings (SSSR count). The lowest BCUT2D eigenvalue weighted by Gasteiger charge is -2.42. The van der Waals surface area contributed by atoms with Crippen molar-refractivity contribution in [3.8, 4) is 5.75 Å². The normalized spacial score (nSPS) is 21.2. The van der Waals surface area contributed by atoms with Gasteiger partial charge in [-0.15, -0.1) is 0 Å². The molecule has 1 N–H and O–H groups in total. The standard InChI is InChI=1S/C29H43N7O2/c1-6-24-28(37)33(4)25-19-30-29(32-27(25)36(24)20(2)3)31-23-13-12-22(18-26(23)38-5)35-16-14-34(15-17-35)21-10-8-7-9-11-21/h12-13,18-21,24H,6-11,14-17H2,1-5H3,(H,30,31,32)/t24-/m1/s1. The fraction of sp³-hybridized carbons (Fsp3) is 0.621. The van der Waals surface area contributed by atoms with Crippen molar-refractivity contribution < 1.29 is 9.53 Å². The summed E-state index contributed by atoms with van der Waals surface area (Å²) in [5.41, 5.74) is 2.73. The molecule has 9 nitrogen and oxygen atoms in total. The van der Waals surface area contributed by atoms with Crippen molar-refractivity contribution in [1.29, 1.82) is 0 Å². The Kier molecular flexibility index (Phi) is 7.93. The maximum absolute atomic E-state index is 12.9. The summed E-state index contributed by atoms with van der Waals surface area (Å²) in [5.74, 6) is 2.10. The van der Waals surface area contributed by atoms with Crippen LogP contribution < -0.4 is 24.8 Å². The summed E-state index contributed by atoms with van der Waals surface area (Å²) in [6, 6.07) is 6.99. The second-order valence-electron chi connectivity index (χ2n) is 11.0. The zero-order valence-corrected chi connectivity index (χ0v) is 23.6. The van der Waals surface area contributed by atoms with Crippen molar-refractivity contribution in [2.75, 3.05) is 60.4 Å². The molecule has 1 aromatic carbocycles. The minimum Gasteiger partial charge on any atom is -0.494 e. The molecule has 1 saturated carbocycles. The van der Waals surface area contributed by atoms with Crippen LogP contribution in [0.15, 0.2) is 24.4 Å². The van der Waals surface area contributed by atoms with Crippen molar-refractivity contribution in [1.82, 2.24) is 14.9 Å². The van der Waals surface area contributed by atoms with E-state index in [0.29, 0.717) is 5.95 Å². The molecule has 1 amide bonds. The third-order valence-electron chi connectivity index (χ3n) is 8.45. The molecule has 0 bridgehead atoms. The van der Waals surface area contributed by atoms with E-state index in [2.05, 4.69) is 57.0 Å². The zero-order chi connectivity index (χ0) is 26.8. The highest BCUT2D eigenvalue weighted by molar-refractivity contribution is 6.04. The van der Waals surface area contributed by atoms with Gasteiger partial charge in [-0.05, 0) is 45.2 Å². The fourth-order valence-corrected chi connectivity index (χ4v) is 6.33. The second kappa shape index (κ2) is 11.4. The smallest absolute Gasteiger partial charge is 0.249 e. The number of hydrogen-bond acceptors (Lipinski definition) is 8. The number of fused-ring (bicyclic) bond motifs is 1. The van der Waals surface area contributed by atoms with Gasteiger partial charge in [0.15, 0.2) is 5.82 Å². The molecule has 38 heavy (non-hydrogen) atoms. The van der Waals surface area contributed by atoms with E-state index in [1.807, 2.05) is 6.92 Å². The molecular weight excluding hydrogens is 478 g/mol. The van der Waals surface area contributed by atoms with Gasteiger partial charge in [0, 0.05) is 57.1 Å². The van der Waals surface area contributed by atoms with Crippen LogP contribution in [0, 0.1) is 0 Å². The molecule has 2 aliphatic heterocycles. The van der Waals surface area contributed by atoms with E-state index in [1.54, 1.807) is 25.3 Å². The monoisotopic (exact) mass is 521 g/mol. The molecule has 206 valence electrons. The van der Waals surface area contributed by atoms with Gasteiger partial charge >= 0.3 is 0 Å². The Balaban J connectivity index is 1.32. The first-order valence-corrected chi connectivity index (χ1v) is 14.3. The van der Waals surface area contributed by atoms with Crippen LogP contribution in [0.3, 0.4) is 0 Å². The van der Waals surface area contributed by atoms with Crippen LogP contribution in [-0.4, -0.2) is 79.2 Å². The number of amides is 1. The number of carbonyl (C=O) groups excluding carboxylic acids is 1. The van der Waals surface area contributed by atoms with Gasteiger partial charge < -0.3 is 24.8 Å². The summed E-state index contributed by atoms with van der Waals surface area (Å²) in [6.07, 6.45) is 9.34. The Bertz CT molecular complexity index is 1130. The first-order valence-electron chi connectivity index (χ1n) is 14.3. The molecule has 1 aliphatic carbocycles. The van der Waals surface area contributed by atoms with Gasteiger partial charge in [-0.2, -0.15) is 4.98 Å². The fourth-order valence-electron chi connectivity index (χ4n) is 6.33. The molecule has 9 heteroatoms. The number of aromatic nitrogens is 2. The number of hydrogen-bond donors (Lipinski definition) is 1. The summed E-state index contributed by atoms with van der Waals surface area (Å²) in [6.45, 7) is 10.6. The van der Waals surface area contributed by atoms with Crippen LogP contribution in [0.4, 0.5) is 28.8 Å². The number of ether oxygens (including phenoxy) is 1. The van der Waals surface area contributed by atoms with Gasteiger partial charge in [-0.3, -0.25) is 9.69 Å². The number of likely N-dealkylation sites (N-methyl/N-ethyl adjacent to an activating group) is 1. The molecule has 1 saturated heterocycles. The number of methoxy groups -OCH3 is 1. The number of anilines is 5. The molecular formula is C29H43N7O2. The van der Waals surface area contributed by atoms with Gasteiger partial charge in [0.1, 0.15) is 17.5 Å². The molecule has 0 spiro atoms. The highest BCUT2D eigenvalue weighted by atomic mass is 16.5. The number of benzene rings is 1. The lowest BCUT2D eigenvalue weighted by molar-refractivity contribution is -0.120. The molecule has 0 unspecified atom stereocenters. The summed E-state index contributed by atoms with van der Waals surface area (Å²) >= 11 is 0. The number of nitrogens with zero attached hydrogens (tertiary/aromatic N) is 6. The Morgan fingerprint density at radius 2 is 1.84 bits per heavy atom. The van der Waals surface area contributed by atoms with E-state index in [-0.39, 0.29) is 18.0 Å². The average Bonchev–Trinajstić information content (AvgIpc) is 2.95. The van der Waals surface area contributed by atoms with E-state index in [0.717, 1.165) is 61.6 Å². The molecule has 1 atom stereocenters. The maximum atomic E-state index is 12.9. The minimum absolute atomic E-state index is 0.0786. The SMILES string of the molecule is CC[C@@H]1C(=O)N(C)c2cnc(Nc3ccc(N4CCN(C5CCCCC5)CC4)cc3OC)nc2N1C(C)C. The van der Waals surface area contributed by atoms with Gasteiger partial charge in [-0.1, -0.05) is 26.2 Å². The lowest BCUT2D eigenvalue weighted by atomic mass is 9.94. The van der Waals surface area contributed by atoms with Gasteiger partial charge in [0.2, 0.25) is 11.9 Å². The van der Waals surface area contributed by atoms with Crippen LogP contribution in [0.1, 0.15) is 59.3 Å². The van der Waals surface area contributed by atoms with Crippen molar-refractivity contribution in [2.45, 2.75) is 77.4 Å². The quantitative estimate of drug-likeness (QED) is 0.564. The topological polar surface area (TPSA) is 77.1 Å². The maximum Gasteiger partial charge on any atom is 0.249 e. The van der Waals surface area contributed by atoms with E-state index in [1.165, 1.54) is 37.8 Å². The first kappa shape index (κ1) is 26.5. The minimum atomic E-state index is -0.234. The largest absolute Gasteiger partial charge is 0.494 e. The number of carbonyl (C=O) groups is 1. The van der Waals surface area contributed by atoms with Crippen molar-refractivity contribution in [3.05, 3.63) is 24.4 Å². The summed E-state index contributed by atoms with van der Waals surface area (Å²) < 4.78 is 5.78. The molecule has 1 aromatic heterocycles. The number of piperazine rings is 1. The van der Waals surface area contributed by atoms with E-state index >= 15 is 0 Å². The third kappa shape index (κ3) is 5.13. The van der Waals surface area contributed by atoms with Crippen LogP contribution >= 0.6 is 0 Å². The van der Waals surface area contributed by atoms with E-state index in [9.17, 15) is 4.79 Å². The predicted molar refractivity (Wildman–Crippen MR) is 154 cm³/mol. The number of rotatable bonds is 7. The summed E-state index contributed by atoms with van der Waals surface area (Å²) in [7, 11) is 3.50. The van der Waals surface area contributed by atoms with Crippen LogP contribution in [0.2, 0.25) is 0 Å². The average molecular weight is 522 g/mol. The van der Waals surface area contributed by atoms with Crippen molar-refractivity contribution in [3.63, 3.8) is 0 Å². The Morgan fingerprint density at radius 3 is 2.50 bits per heavy atom. The highest BCUT2D eigenvalue weighted by Gasteiger charge is 2.38. The van der Waals surface area contributed by atoms with Crippen LogP contribution in [0.25, 0.3) is 0 Å². The predicted octanol–water partition coefficient (Wildman–Crippen LogP) is 4.65. The van der Waals surface area contributed by atoms with Crippen LogP contribution in [0.5, 0.6) is 5.75 Å². The zero-order valence-electron chi connectivity index (χ0n) is 23.6. The summed E-state index contributed by atoms with van der Waals surface area (Å²) in [4.78, 5) is 31.3. The van der Waals surface area contributed by atoms with E-state index in [4.69, 9.17) is 9.72 Å².